The minimum Gasteiger partial charge on any atom is -0.454 e. The van der Waals surface area contributed by atoms with Crippen molar-refractivity contribution in [3.63, 3.8) is 0 Å². The van der Waals surface area contributed by atoms with Crippen LogP contribution in [0.25, 0.3) is 6.08 Å². The molecule has 2 aromatic rings. The van der Waals surface area contributed by atoms with Gasteiger partial charge in [-0.2, -0.15) is 0 Å². The molecular formula is C29H37N3O3. The number of rotatable bonds is 8. The summed E-state index contributed by atoms with van der Waals surface area (Å²) in [6, 6.07) is 20.4. The van der Waals surface area contributed by atoms with Crippen LogP contribution >= 0.6 is 0 Å². The van der Waals surface area contributed by atoms with Gasteiger partial charge in [-0.3, -0.25) is 19.4 Å². The number of amides is 1. The molecule has 0 spiro atoms. The van der Waals surface area contributed by atoms with Crippen LogP contribution in [0.1, 0.15) is 37.3 Å². The Balaban J connectivity index is 1.24. The monoisotopic (exact) mass is 475 g/mol. The first kappa shape index (κ1) is 25.1. The Labute approximate surface area is 209 Å². The average Bonchev–Trinajstić information content (AvgIpc) is 2.91. The molecule has 2 aromatic carbocycles. The lowest BCUT2D eigenvalue weighted by molar-refractivity contribution is -0.167. The zero-order valence-electron chi connectivity index (χ0n) is 20.8. The first-order valence-electron chi connectivity index (χ1n) is 12.8. The number of benzene rings is 2. The molecule has 6 heteroatoms. The summed E-state index contributed by atoms with van der Waals surface area (Å²) in [7, 11) is 0. The summed E-state index contributed by atoms with van der Waals surface area (Å²) in [6.45, 7) is 7.98. The molecule has 0 bridgehead atoms. The van der Waals surface area contributed by atoms with E-state index in [1.807, 2.05) is 60.4 Å². The van der Waals surface area contributed by atoms with Crippen molar-refractivity contribution in [3.8, 4) is 0 Å². The quantitative estimate of drug-likeness (QED) is 0.544. The van der Waals surface area contributed by atoms with Crippen molar-refractivity contribution in [2.45, 2.75) is 31.8 Å². The van der Waals surface area contributed by atoms with Gasteiger partial charge >= 0.3 is 5.97 Å². The van der Waals surface area contributed by atoms with Crippen LogP contribution in [0.5, 0.6) is 0 Å². The van der Waals surface area contributed by atoms with Crippen LogP contribution in [0.4, 0.5) is 0 Å². The highest BCUT2D eigenvalue weighted by Gasteiger charge is 2.40. The maximum Gasteiger partial charge on any atom is 0.306 e. The van der Waals surface area contributed by atoms with Gasteiger partial charge in [-0.05, 0) is 11.1 Å². The molecule has 0 N–H and O–H groups in total. The molecule has 186 valence electrons. The van der Waals surface area contributed by atoms with Crippen LogP contribution in [0.3, 0.4) is 0 Å². The summed E-state index contributed by atoms with van der Waals surface area (Å²) in [4.78, 5) is 31.8. The molecule has 2 saturated heterocycles. The number of piperidine rings is 1. The Hall–Kier alpha value is -2.96. The van der Waals surface area contributed by atoms with Gasteiger partial charge in [0.05, 0.1) is 6.54 Å². The van der Waals surface area contributed by atoms with Crippen LogP contribution in [0.2, 0.25) is 0 Å². The molecule has 6 nitrogen and oxygen atoms in total. The lowest BCUT2D eigenvalue weighted by Crippen LogP contribution is -2.53. The van der Waals surface area contributed by atoms with Crippen molar-refractivity contribution < 1.29 is 14.3 Å². The van der Waals surface area contributed by atoms with Gasteiger partial charge < -0.3 is 9.64 Å². The molecule has 2 aliphatic rings. The fraction of sp³-hybridized carbons (Fsp3) is 0.448. The van der Waals surface area contributed by atoms with Crippen molar-refractivity contribution in [3.05, 3.63) is 77.9 Å². The van der Waals surface area contributed by atoms with Crippen LogP contribution in [0, 0.1) is 0 Å². The van der Waals surface area contributed by atoms with Crippen molar-refractivity contribution in [2.75, 3.05) is 52.4 Å². The molecule has 1 amide bonds. The van der Waals surface area contributed by atoms with Gasteiger partial charge in [0.1, 0.15) is 5.60 Å². The summed E-state index contributed by atoms with van der Waals surface area (Å²) in [5, 5.41) is 0. The third-order valence-corrected chi connectivity index (χ3v) is 7.12. The smallest absolute Gasteiger partial charge is 0.306 e. The number of piperazine rings is 1. The van der Waals surface area contributed by atoms with Gasteiger partial charge in [-0.15, -0.1) is 0 Å². The van der Waals surface area contributed by atoms with Crippen LogP contribution in [0.15, 0.2) is 66.7 Å². The molecule has 0 aliphatic carbocycles. The molecule has 2 heterocycles. The van der Waals surface area contributed by atoms with E-state index in [0.717, 1.165) is 51.4 Å². The summed E-state index contributed by atoms with van der Waals surface area (Å²) in [5.74, 6) is 0.0251. The molecule has 4 rings (SSSR count). The van der Waals surface area contributed by atoms with Crippen molar-refractivity contribution in [1.29, 1.82) is 0 Å². The Morgan fingerprint density at radius 3 is 2.11 bits per heavy atom. The molecule has 2 aliphatic heterocycles. The molecule has 2 fully saturated rings. The van der Waals surface area contributed by atoms with Crippen LogP contribution < -0.4 is 0 Å². The highest BCUT2D eigenvalue weighted by Crippen LogP contribution is 2.37. The first-order chi connectivity index (χ1) is 17.1. The Bertz CT molecular complexity index is 977. The summed E-state index contributed by atoms with van der Waals surface area (Å²) < 4.78 is 5.98. The number of ether oxygens (including phenoxy) is 1. The largest absolute Gasteiger partial charge is 0.454 e. The lowest BCUT2D eigenvalue weighted by Gasteiger charge is -2.42. The van der Waals surface area contributed by atoms with Crippen LogP contribution in [-0.4, -0.2) is 78.9 Å². The fourth-order valence-electron chi connectivity index (χ4n) is 4.93. The van der Waals surface area contributed by atoms with E-state index in [4.69, 9.17) is 4.74 Å². The molecule has 0 aromatic heterocycles. The molecular weight excluding hydrogens is 438 g/mol. The van der Waals surface area contributed by atoms with E-state index in [2.05, 4.69) is 34.1 Å². The lowest BCUT2D eigenvalue weighted by atomic mass is 9.84. The Morgan fingerprint density at radius 1 is 0.857 bits per heavy atom. The number of likely N-dealkylation sites (tertiary alicyclic amines) is 1. The number of hydrogen-bond acceptors (Lipinski definition) is 5. The number of esters is 1. The van der Waals surface area contributed by atoms with Gasteiger partial charge in [-0.1, -0.05) is 79.7 Å². The van der Waals surface area contributed by atoms with E-state index < -0.39 is 5.60 Å². The second-order valence-corrected chi connectivity index (χ2v) is 9.46. The minimum absolute atomic E-state index is 0.171. The second-order valence-electron chi connectivity index (χ2n) is 9.46. The van der Waals surface area contributed by atoms with Gasteiger partial charge in [0.2, 0.25) is 5.91 Å². The van der Waals surface area contributed by atoms with Gasteiger partial charge in [0, 0.05) is 65.1 Å². The Kier molecular flexibility index (Phi) is 8.72. The maximum atomic E-state index is 13.0. The average molecular weight is 476 g/mol. The number of nitrogens with zero attached hydrogens (tertiary/aromatic N) is 3. The molecule has 0 atom stereocenters. The second kappa shape index (κ2) is 12.1. The summed E-state index contributed by atoms with van der Waals surface area (Å²) >= 11 is 0. The standard InChI is InChI=1S/C29H37N3O3/c1-2-28(34)35-29(26-13-7-4-8-14-26)15-18-31(19-16-29)24-27(33)32-22-20-30(21-23-32)17-9-12-25-10-5-3-6-11-25/h3-14H,2,15-24H2,1H3/b12-9+. The highest BCUT2D eigenvalue weighted by atomic mass is 16.6. The van der Waals surface area contributed by atoms with Crippen molar-refractivity contribution >= 4 is 18.0 Å². The van der Waals surface area contributed by atoms with E-state index in [1.54, 1.807) is 0 Å². The zero-order valence-corrected chi connectivity index (χ0v) is 20.8. The third-order valence-electron chi connectivity index (χ3n) is 7.12. The fourth-order valence-corrected chi connectivity index (χ4v) is 4.93. The number of hydrogen-bond donors (Lipinski definition) is 0. The van der Waals surface area contributed by atoms with Gasteiger partial charge in [-0.25, -0.2) is 0 Å². The van der Waals surface area contributed by atoms with E-state index in [1.165, 1.54) is 5.56 Å². The van der Waals surface area contributed by atoms with E-state index in [9.17, 15) is 9.59 Å². The molecule has 0 unspecified atom stereocenters. The van der Waals surface area contributed by atoms with E-state index >= 15 is 0 Å². The number of carbonyl (C=O) groups is 2. The third kappa shape index (κ3) is 6.80. The Morgan fingerprint density at radius 2 is 1.49 bits per heavy atom. The van der Waals surface area contributed by atoms with Gasteiger partial charge in [0.15, 0.2) is 0 Å². The first-order valence-corrected chi connectivity index (χ1v) is 12.8. The van der Waals surface area contributed by atoms with Crippen molar-refractivity contribution in [1.82, 2.24) is 14.7 Å². The predicted molar refractivity (Wildman–Crippen MR) is 139 cm³/mol. The summed E-state index contributed by atoms with van der Waals surface area (Å²) in [6.07, 6.45) is 6.13. The van der Waals surface area contributed by atoms with E-state index in [-0.39, 0.29) is 11.9 Å². The summed E-state index contributed by atoms with van der Waals surface area (Å²) in [5.41, 5.74) is 1.67. The molecule has 0 saturated carbocycles. The van der Waals surface area contributed by atoms with Crippen molar-refractivity contribution in [2.24, 2.45) is 0 Å². The highest BCUT2D eigenvalue weighted by molar-refractivity contribution is 5.78. The maximum absolute atomic E-state index is 13.0. The SMILES string of the molecule is CCC(=O)OC1(c2ccccc2)CCN(CC(=O)N2CCN(C/C=C/c3ccccc3)CC2)CC1. The minimum atomic E-state index is -0.590. The normalized spacial score (nSPS) is 19.1. The topological polar surface area (TPSA) is 53.1 Å². The zero-order chi connectivity index (χ0) is 24.5. The predicted octanol–water partition coefficient (Wildman–Crippen LogP) is 3.79. The van der Waals surface area contributed by atoms with E-state index in [0.29, 0.717) is 25.8 Å². The molecule has 35 heavy (non-hydrogen) atoms. The van der Waals surface area contributed by atoms with Gasteiger partial charge in [0.25, 0.3) is 0 Å². The number of carbonyl (C=O) groups excluding carboxylic acids is 2. The molecule has 0 radical (unpaired) electrons. The van der Waals surface area contributed by atoms with Crippen LogP contribution in [-0.2, 0) is 19.9 Å².